The SMILES string of the molecule is CC(CC(C)(c1ccccc1OCC1CO1)c1ccccc1OCC1CO1)(c1ccccc1OCC1CO1)c1ccccc1OCC1CO1. The predicted molar refractivity (Wildman–Crippen MR) is 184 cm³/mol. The van der Waals surface area contributed by atoms with E-state index < -0.39 is 10.8 Å². The van der Waals surface area contributed by atoms with Gasteiger partial charge >= 0.3 is 0 Å². The molecule has 8 nitrogen and oxygen atoms in total. The van der Waals surface area contributed by atoms with Gasteiger partial charge in [-0.2, -0.15) is 0 Å². The van der Waals surface area contributed by atoms with E-state index in [1.807, 2.05) is 24.3 Å². The lowest BCUT2D eigenvalue weighted by Gasteiger charge is -2.43. The molecule has 0 amide bonds. The van der Waals surface area contributed by atoms with Crippen LogP contribution in [0.15, 0.2) is 97.1 Å². The van der Waals surface area contributed by atoms with Crippen molar-refractivity contribution in [3.05, 3.63) is 119 Å². The molecule has 0 aromatic heterocycles. The van der Waals surface area contributed by atoms with Gasteiger partial charge in [-0.15, -0.1) is 0 Å². The Balaban J connectivity index is 1.29. The molecule has 0 aliphatic carbocycles. The Hall–Kier alpha value is -4.08. The quantitative estimate of drug-likeness (QED) is 0.112. The van der Waals surface area contributed by atoms with Crippen molar-refractivity contribution >= 4 is 0 Å². The summed E-state index contributed by atoms with van der Waals surface area (Å²) in [6.45, 7) is 9.52. The van der Waals surface area contributed by atoms with E-state index in [4.69, 9.17) is 37.9 Å². The summed E-state index contributed by atoms with van der Waals surface area (Å²) in [7, 11) is 0. The number of benzene rings is 4. The number of ether oxygens (including phenoxy) is 8. The third-order valence-corrected chi connectivity index (χ3v) is 9.94. The summed E-state index contributed by atoms with van der Waals surface area (Å²) < 4.78 is 48.2. The van der Waals surface area contributed by atoms with E-state index in [0.29, 0.717) is 32.8 Å². The van der Waals surface area contributed by atoms with Crippen LogP contribution in [0.4, 0.5) is 0 Å². The lowest BCUT2D eigenvalue weighted by molar-refractivity contribution is 0.241. The van der Waals surface area contributed by atoms with Crippen LogP contribution < -0.4 is 18.9 Å². The molecule has 49 heavy (non-hydrogen) atoms. The first kappa shape index (κ1) is 32.1. The van der Waals surface area contributed by atoms with E-state index in [1.54, 1.807) is 0 Å². The highest BCUT2D eigenvalue weighted by Gasteiger charge is 2.46. The van der Waals surface area contributed by atoms with Crippen molar-refractivity contribution in [2.24, 2.45) is 0 Å². The summed E-state index contributed by atoms with van der Waals surface area (Å²) in [5.74, 6) is 3.31. The van der Waals surface area contributed by atoms with Gasteiger partial charge in [0.25, 0.3) is 0 Å². The van der Waals surface area contributed by atoms with Crippen LogP contribution in [-0.2, 0) is 29.8 Å². The van der Waals surface area contributed by atoms with Crippen LogP contribution in [0, 0.1) is 0 Å². The number of epoxide rings is 4. The van der Waals surface area contributed by atoms with Crippen LogP contribution in [0.3, 0.4) is 0 Å². The van der Waals surface area contributed by atoms with Gasteiger partial charge in [0.05, 0.1) is 26.4 Å². The van der Waals surface area contributed by atoms with Crippen LogP contribution >= 0.6 is 0 Å². The summed E-state index contributed by atoms with van der Waals surface area (Å²) in [5, 5.41) is 0. The first-order valence-corrected chi connectivity index (χ1v) is 17.4. The van der Waals surface area contributed by atoms with E-state index in [1.165, 1.54) is 0 Å². The van der Waals surface area contributed by atoms with Crippen molar-refractivity contribution in [1.29, 1.82) is 0 Å². The molecule has 4 unspecified atom stereocenters. The largest absolute Gasteiger partial charge is 0.490 e. The van der Waals surface area contributed by atoms with E-state index in [2.05, 4.69) is 86.6 Å². The normalized spacial score (nSPS) is 24.2. The molecular weight excluding hydrogens is 620 g/mol. The summed E-state index contributed by atoms with van der Waals surface area (Å²) in [5.41, 5.74) is 3.00. The van der Waals surface area contributed by atoms with Gasteiger partial charge in [0, 0.05) is 33.1 Å². The fourth-order valence-corrected chi connectivity index (χ4v) is 6.96. The summed E-state index contributed by atoms with van der Waals surface area (Å²) in [6, 6.07) is 33.5. The van der Waals surface area contributed by atoms with Gasteiger partial charge in [0.1, 0.15) is 73.8 Å². The average molecular weight is 665 g/mol. The molecule has 0 bridgehead atoms. The van der Waals surface area contributed by atoms with E-state index in [-0.39, 0.29) is 24.4 Å². The van der Waals surface area contributed by atoms with Gasteiger partial charge in [-0.25, -0.2) is 0 Å². The molecule has 4 aromatic carbocycles. The molecule has 4 heterocycles. The molecular formula is C41H44O8. The molecule has 0 saturated carbocycles. The zero-order valence-electron chi connectivity index (χ0n) is 28.2. The Labute approximate surface area is 288 Å². The minimum Gasteiger partial charge on any atom is -0.490 e. The fraction of sp³-hybridized carbons (Fsp3) is 0.415. The molecule has 0 N–H and O–H groups in total. The molecule has 4 aliphatic heterocycles. The zero-order chi connectivity index (χ0) is 33.3. The highest BCUT2D eigenvalue weighted by molar-refractivity contribution is 5.57. The third kappa shape index (κ3) is 7.43. The second kappa shape index (κ2) is 13.7. The average Bonchev–Trinajstić information content (AvgIpc) is 3.94. The van der Waals surface area contributed by atoms with E-state index >= 15 is 0 Å². The lowest BCUT2D eigenvalue weighted by Crippen LogP contribution is -2.37. The van der Waals surface area contributed by atoms with Gasteiger partial charge in [0.2, 0.25) is 0 Å². The van der Waals surface area contributed by atoms with Crippen molar-refractivity contribution in [3.63, 3.8) is 0 Å². The second-order valence-electron chi connectivity index (χ2n) is 13.9. The van der Waals surface area contributed by atoms with Gasteiger partial charge in [0.15, 0.2) is 0 Å². The summed E-state index contributed by atoms with van der Waals surface area (Å²) in [6.07, 6.45) is 1.12. The van der Waals surface area contributed by atoms with Crippen molar-refractivity contribution in [1.82, 2.24) is 0 Å². The third-order valence-electron chi connectivity index (χ3n) is 9.94. The number of para-hydroxylation sites is 4. The van der Waals surface area contributed by atoms with Crippen molar-refractivity contribution in [3.8, 4) is 23.0 Å². The molecule has 256 valence electrons. The van der Waals surface area contributed by atoms with Crippen LogP contribution in [0.2, 0.25) is 0 Å². The number of rotatable bonds is 18. The maximum absolute atomic E-state index is 6.53. The Morgan fingerprint density at radius 2 is 0.653 bits per heavy atom. The van der Waals surface area contributed by atoms with Crippen LogP contribution in [0.5, 0.6) is 23.0 Å². The first-order valence-electron chi connectivity index (χ1n) is 17.4. The molecule has 8 heteroatoms. The molecule has 8 rings (SSSR count). The Morgan fingerprint density at radius 1 is 0.429 bits per heavy atom. The van der Waals surface area contributed by atoms with Gasteiger partial charge in [-0.3, -0.25) is 0 Å². The molecule has 0 spiro atoms. The molecule has 0 radical (unpaired) electrons. The minimum absolute atomic E-state index is 0.123. The Morgan fingerprint density at radius 3 is 0.878 bits per heavy atom. The lowest BCUT2D eigenvalue weighted by atomic mass is 9.61. The minimum atomic E-state index is -0.629. The van der Waals surface area contributed by atoms with Crippen LogP contribution in [0.1, 0.15) is 42.5 Å². The van der Waals surface area contributed by atoms with Gasteiger partial charge in [-0.1, -0.05) is 86.6 Å². The molecule has 4 fully saturated rings. The Bertz CT molecular complexity index is 1490. The topological polar surface area (TPSA) is 87.0 Å². The maximum Gasteiger partial charge on any atom is 0.123 e. The highest BCUT2D eigenvalue weighted by Crippen LogP contribution is 2.54. The molecule has 4 saturated heterocycles. The van der Waals surface area contributed by atoms with Crippen LogP contribution in [-0.4, -0.2) is 77.3 Å². The molecule has 4 aliphatic rings. The summed E-state index contributed by atoms with van der Waals surface area (Å²) >= 11 is 0. The fourth-order valence-electron chi connectivity index (χ4n) is 6.96. The summed E-state index contributed by atoms with van der Waals surface area (Å²) in [4.78, 5) is 0. The number of hydrogen-bond donors (Lipinski definition) is 0. The smallest absolute Gasteiger partial charge is 0.123 e. The van der Waals surface area contributed by atoms with Crippen molar-refractivity contribution < 1.29 is 37.9 Å². The molecule has 4 atom stereocenters. The van der Waals surface area contributed by atoms with Gasteiger partial charge < -0.3 is 37.9 Å². The molecule has 4 aromatic rings. The number of hydrogen-bond acceptors (Lipinski definition) is 8. The monoisotopic (exact) mass is 664 g/mol. The van der Waals surface area contributed by atoms with E-state index in [9.17, 15) is 0 Å². The Kier molecular flexibility index (Phi) is 8.97. The van der Waals surface area contributed by atoms with Crippen molar-refractivity contribution in [2.45, 2.75) is 55.5 Å². The second-order valence-corrected chi connectivity index (χ2v) is 13.9. The zero-order valence-corrected chi connectivity index (χ0v) is 28.2. The van der Waals surface area contributed by atoms with Crippen molar-refractivity contribution in [2.75, 3.05) is 52.9 Å². The van der Waals surface area contributed by atoms with Crippen LogP contribution in [0.25, 0.3) is 0 Å². The first-order chi connectivity index (χ1) is 24.0. The highest BCUT2D eigenvalue weighted by atomic mass is 16.6. The predicted octanol–water partition coefficient (Wildman–Crippen LogP) is 6.50. The van der Waals surface area contributed by atoms with Gasteiger partial charge in [-0.05, 0) is 30.7 Å². The van der Waals surface area contributed by atoms with E-state index in [0.717, 1.165) is 71.7 Å². The maximum atomic E-state index is 6.53. The standard InChI is InChI=1S/C41H44O8/c1-40(32-11-3-7-15-36(32)46-23-28-19-42-28,33-12-4-8-16-37(33)47-24-29-20-43-29)27-41(2,34-13-5-9-17-38(34)48-25-30-21-44-30)35-14-6-10-18-39(35)49-26-31-22-45-31/h3-18,28-31H,19-27H2,1-2H3.